The highest BCUT2D eigenvalue weighted by Gasteiger charge is 2.19. The Balaban J connectivity index is 2.77. The van der Waals surface area contributed by atoms with Crippen molar-refractivity contribution >= 4 is 26.0 Å². The molecule has 0 fully saturated rings. The normalized spacial score (nSPS) is 13.7. The standard InChI is InChI=1S/C10H12BrF2NO4S/c1-19(15,16)18-8(4-5-17-10(12)13)7-2-3-9(11)14-6-7/h2-3,6,8,10H,4-5H2,1H3. The molecule has 0 aliphatic rings. The molecule has 0 saturated carbocycles. The molecular formula is C10H12BrF2NO4S. The Labute approximate surface area is 118 Å². The predicted octanol–water partition coefficient (Wildman–Crippen LogP) is 2.49. The Bertz CT molecular complexity index is 495. The molecule has 1 atom stereocenters. The zero-order valence-electron chi connectivity index (χ0n) is 9.92. The summed E-state index contributed by atoms with van der Waals surface area (Å²) in [7, 11) is -3.71. The number of rotatable bonds is 7. The zero-order valence-corrected chi connectivity index (χ0v) is 12.3. The molecule has 9 heteroatoms. The van der Waals surface area contributed by atoms with Gasteiger partial charge in [0.1, 0.15) is 10.7 Å². The molecule has 0 aliphatic heterocycles. The molecule has 0 saturated heterocycles. The van der Waals surface area contributed by atoms with Gasteiger partial charge in [-0.3, -0.25) is 4.18 Å². The number of aromatic nitrogens is 1. The smallest absolute Gasteiger partial charge is 0.323 e. The fraction of sp³-hybridized carbons (Fsp3) is 0.500. The topological polar surface area (TPSA) is 65.5 Å². The Morgan fingerprint density at radius 1 is 1.42 bits per heavy atom. The van der Waals surface area contributed by atoms with E-state index in [2.05, 4.69) is 25.7 Å². The molecule has 1 aromatic heterocycles. The summed E-state index contributed by atoms with van der Waals surface area (Å²) in [5.74, 6) is 0. The molecule has 108 valence electrons. The molecule has 0 N–H and O–H groups in total. The first-order valence-electron chi connectivity index (χ1n) is 5.17. The van der Waals surface area contributed by atoms with Gasteiger partial charge in [-0.05, 0) is 22.0 Å². The van der Waals surface area contributed by atoms with E-state index >= 15 is 0 Å². The van der Waals surface area contributed by atoms with Crippen molar-refractivity contribution in [2.24, 2.45) is 0 Å². The molecule has 1 unspecified atom stereocenters. The average Bonchev–Trinajstić information content (AvgIpc) is 2.26. The van der Waals surface area contributed by atoms with E-state index in [1.165, 1.54) is 6.20 Å². The SMILES string of the molecule is CS(=O)(=O)OC(CCOC(F)F)c1ccc(Br)nc1. The Morgan fingerprint density at radius 3 is 2.58 bits per heavy atom. The van der Waals surface area contributed by atoms with Gasteiger partial charge in [0.15, 0.2) is 0 Å². The Morgan fingerprint density at radius 2 is 2.11 bits per heavy atom. The van der Waals surface area contributed by atoms with Crippen LogP contribution in [0.15, 0.2) is 22.9 Å². The van der Waals surface area contributed by atoms with Gasteiger partial charge < -0.3 is 4.74 Å². The van der Waals surface area contributed by atoms with E-state index in [0.717, 1.165) is 6.26 Å². The molecule has 19 heavy (non-hydrogen) atoms. The van der Waals surface area contributed by atoms with Crippen LogP contribution in [-0.4, -0.2) is 32.9 Å². The molecular weight excluding hydrogens is 348 g/mol. The van der Waals surface area contributed by atoms with E-state index in [-0.39, 0.29) is 13.0 Å². The van der Waals surface area contributed by atoms with Crippen LogP contribution in [0.4, 0.5) is 8.78 Å². The van der Waals surface area contributed by atoms with Crippen LogP contribution in [0, 0.1) is 0 Å². The van der Waals surface area contributed by atoms with E-state index in [4.69, 9.17) is 4.18 Å². The number of hydrogen-bond donors (Lipinski definition) is 0. The molecule has 0 aliphatic carbocycles. The lowest BCUT2D eigenvalue weighted by atomic mass is 10.1. The van der Waals surface area contributed by atoms with Gasteiger partial charge in [0.25, 0.3) is 10.1 Å². The largest absolute Gasteiger partial charge is 0.345 e. The second-order valence-corrected chi connectivity index (χ2v) is 6.04. The van der Waals surface area contributed by atoms with Crippen molar-refractivity contribution in [3.63, 3.8) is 0 Å². The van der Waals surface area contributed by atoms with E-state index in [0.29, 0.717) is 10.2 Å². The molecule has 0 aromatic carbocycles. The molecule has 1 aromatic rings. The average molecular weight is 360 g/mol. The Hall–Kier alpha value is -0.640. The van der Waals surface area contributed by atoms with Crippen molar-refractivity contribution in [1.82, 2.24) is 4.98 Å². The van der Waals surface area contributed by atoms with Crippen LogP contribution in [0.5, 0.6) is 0 Å². The maximum Gasteiger partial charge on any atom is 0.345 e. The first kappa shape index (κ1) is 16.4. The van der Waals surface area contributed by atoms with Crippen LogP contribution in [0.1, 0.15) is 18.1 Å². The van der Waals surface area contributed by atoms with Crippen LogP contribution in [-0.2, 0) is 19.0 Å². The fourth-order valence-corrected chi connectivity index (χ4v) is 2.19. The molecule has 1 heterocycles. The van der Waals surface area contributed by atoms with Crippen LogP contribution in [0.2, 0.25) is 0 Å². The summed E-state index contributed by atoms with van der Waals surface area (Å²) in [6, 6.07) is 3.19. The van der Waals surface area contributed by atoms with E-state index in [1.807, 2.05) is 0 Å². The molecule has 0 spiro atoms. The van der Waals surface area contributed by atoms with Gasteiger partial charge >= 0.3 is 6.61 Å². The minimum Gasteiger partial charge on any atom is -0.323 e. The number of hydrogen-bond acceptors (Lipinski definition) is 5. The number of nitrogens with zero attached hydrogens (tertiary/aromatic N) is 1. The summed E-state index contributed by atoms with van der Waals surface area (Å²) < 4.78 is 55.5. The third-order valence-electron chi connectivity index (χ3n) is 2.04. The molecule has 0 bridgehead atoms. The van der Waals surface area contributed by atoms with Gasteiger partial charge in [0, 0.05) is 18.2 Å². The van der Waals surface area contributed by atoms with Gasteiger partial charge in [-0.1, -0.05) is 6.07 Å². The quantitative estimate of drug-likeness (QED) is 0.552. The fourth-order valence-electron chi connectivity index (χ4n) is 1.32. The van der Waals surface area contributed by atoms with Gasteiger partial charge in [0.05, 0.1) is 12.9 Å². The van der Waals surface area contributed by atoms with Crippen molar-refractivity contribution in [2.45, 2.75) is 19.1 Å². The lowest BCUT2D eigenvalue weighted by Crippen LogP contribution is -2.14. The summed E-state index contributed by atoms with van der Waals surface area (Å²) in [5, 5.41) is 0. The van der Waals surface area contributed by atoms with Crippen LogP contribution < -0.4 is 0 Å². The maximum absolute atomic E-state index is 11.9. The van der Waals surface area contributed by atoms with Gasteiger partial charge in [-0.15, -0.1) is 0 Å². The van der Waals surface area contributed by atoms with Crippen LogP contribution in [0.25, 0.3) is 0 Å². The summed E-state index contributed by atoms with van der Waals surface area (Å²) in [6.07, 6.45) is 1.36. The monoisotopic (exact) mass is 359 g/mol. The van der Waals surface area contributed by atoms with Crippen molar-refractivity contribution < 1.29 is 26.1 Å². The van der Waals surface area contributed by atoms with E-state index in [9.17, 15) is 17.2 Å². The second kappa shape index (κ2) is 7.22. The third-order valence-corrected chi connectivity index (χ3v) is 3.09. The molecule has 1 rings (SSSR count). The second-order valence-electron chi connectivity index (χ2n) is 3.62. The van der Waals surface area contributed by atoms with Crippen molar-refractivity contribution in [3.05, 3.63) is 28.5 Å². The summed E-state index contributed by atoms with van der Waals surface area (Å²) in [6.45, 7) is -3.23. The third kappa shape index (κ3) is 6.90. The highest BCUT2D eigenvalue weighted by Crippen LogP contribution is 2.24. The lowest BCUT2D eigenvalue weighted by molar-refractivity contribution is -0.132. The zero-order chi connectivity index (χ0) is 14.5. The predicted molar refractivity (Wildman–Crippen MR) is 67.2 cm³/mol. The lowest BCUT2D eigenvalue weighted by Gasteiger charge is -2.16. The number of alkyl halides is 2. The summed E-state index contributed by atoms with van der Waals surface area (Å²) >= 11 is 3.13. The summed E-state index contributed by atoms with van der Waals surface area (Å²) in [4.78, 5) is 3.93. The van der Waals surface area contributed by atoms with E-state index in [1.54, 1.807) is 12.1 Å². The summed E-state index contributed by atoms with van der Waals surface area (Å²) in [5.41, 5.74) is 0.464. The van der Waals surface area contributed by atoms with Gasteiger partial charge in [-0.2, -0.15) is 17.2 Å². The molecule has 0 radical (unpaired) electrons. The molecule has 0 amide bonds. The highest BCUT2D eigenvalue weighted by molar-refractivity contribution is 9.10. The number of pyridine rings is 1. The Kier molecular flexibility index (Phi) is 6.24. The molecule has 5 nitrogen and oxygen atoms in total. The van der Waals surface area contributed by atoms with Crippen LogP contribution in [0.3, 0.4) is 0 Å². The van der Waals surface area contributed by atoms with Crippen molar-refractivity contribution in [1.29, 1.82) is 0 Å². The van der Waals surface area contributed by atoms with Crippen molar-refractivity contribution in [3.8, 4) is 0 Å². The van der Waals surface area contributed by atoms with Crippen molar-refractivity contribution in [2.75, 3.05) is 12.9 Å². The van der Waals surface area contributed by atoms with E-state index < -0.39 is 22.8 Å². The first-order valence-corrected chi connectivity index (χ1v) is 7.78. The minimum atomic E-state index is -3.71. The van der Waals surface area contributed by atoms with Gasteiger partial charge in [0.2, 0.25) is 0 Å². The van der Waals surface area contributed by atoms with Gasteiger partial charge in [-0.25, -0.2) is 4.98 Å². The minimum absolute atomic E-state index is 0.0271. The first-order chi connectivity index (χ1) is 8.78. The number of halogens is 3. The number of ether oxygens (including phenoxy) is 1. The maximum atomic E-state index is 11.9. The van der Waals surface area contributed by atoms with Crippen LogP contribution >= 0.6 is 15.9 Å². The highest BCUT2D eigenvalue weighted by atomic mass is 79.9.